The van der Waals surface area contributed by atoms with Crippen LogP contribution in [0.5, 0.6) is 0 Å². The Bertz CT molecular complexity index is 758. The summed E-state index contributed by atoms with van der Waals surface area (Å²) in [5.74, 6) is -0.469. The molecule has 3 heterocycles. The minimum absolute atomic E-state index is 0.00868. The summed E-state index contributed by atoms with van der Waals surface area (Å²) in [4.78, 5) is 31.0. The van der Waals surface area contributed by atoms with Crippen molar-refractivity contribution >= 4 is 17.5 Å². The number of ether oxygens (including phenoxy) is 1. The summed E-state index contributed by atoms with van der Waals surface area (Å²) in [6.07, 6.45) is 2.11. The first-order valence-electron chi connectivity index (χ1n) is 10.7. The van der Waals surface area contributed by atoms with E-state index in [2.05, 4.69) is 30.9 Å². The number of primary amides is 1. The van der Waals surface area contributed by atoms with Crippen LogP contribution in [0.25, 0.3) is 0 Å². The third-order valence-electron chi connectivity index (χ3n) is 6.71. The van der Waals surface area contributed by atoms with Gasteiger partial charge in [0.2, 0.25) is 5.91 Å². The number of amides is 2. The van der Waals surface area contributed by atoms with Gasteiger partial charge in [-0.25, -0.2) is 0 Å². The predicted octanol–water partition coefficient (Wildman–Crippen LogP) is 1.31. The van der Waals surface area contributed by atoms with E-state index >= 15 is 0 Å². The molecule has 0 bridgehead atoms. The maximum Gasteiger partial charge on any atom is 0.255 e. The average molecular weight is 401 g/mol. The Kier molecular flexibility index (Phi) is 5.64. The standard InChI is InChI=1S/C22H32N4O3/c1-22(2,9-11-24-12-14-29-15-13-24)16-5-7-17(8-6-16)26-20(19(23)27)25-10-3-4-18(25)21(26)28/h5-8,18,20H,3-4,9-15H2,1-2H3,(H2,23,27)/t18-,20?/m0/s1. The van der Waals surface area contributed by atoms with Gasteiger partial charge < -0.3 is 10.5 Å². The molecule has 0 spiro atoms. The molecule has 3 aliphatic rings. The Balaban J connectivity index is 1.48. The Morgan fingerprint density at radius 1 is 1.17 bits per heavy atom. The van der Waals surface area contributed by atoms with Gasteiger partial charge >= 0.3 is 0 Å². The number of rotatable bonds is 6. The molecule has 7 nitrogen and oxygen atoms in total. The van der Waals surface area contributed by atoms with Crippen molar-refractivity contribution in [2.75, 3.05) is 44.3 Å². The zero-order valence-corrected chi connectivity index (χ0v) is 17.5. The van der Waals surface area contributed by atoms with Gasteiger partial charge in [0.15, 0.2) is 6.17 Å². The molecule has 0 aromatic heterocycles. The van der Waals surface area contributed by atoms with Crippen LogP contribution in [0.3, 0.4) is 0 Å². The molecule has 29 heavy (non-hydrogen) atoms. The van der Waals surface area contributed by atoms with Crippen LogP contribution in [0.2, 0.25) is 0 Å². The fraction of sp³-hybridized carbons (Fsp3) is 0.636. The highest BCUT2D eigenvalue weighted by atomic mass is 16.5. The van der Waals surface area contributed by atoms with E-state index in [1.54, 1.807) is 4.90 Å². The Labute approximate surface area is 172 Å². The van der Waals surface area contributed by atoms with Gasteiger partial charge in [0.25, 0.3) is 5.91 Å². The van der Waals surface area contributed by atoms with E-state index < -0.39 is 12.1 Å². The largest absolute Gasteiger partial charge is 0.379 e. The summed E-state index contributed by atoms with van der Waals surface area (Å²) < 4.78 is 5.43. The second kappa shape index (κ2) is 8.05. The molecule has 158 valence electrons. The van der Waals surface area contributed by atoms with E-state index in [1.165, 1.54) is 5.56 Å². The van der Waals surface area contributed by atoms with Gasteiger partial charge in [0, 0.05) is 25.3 Å². The van der Waals surface area contributed by atoms with Gasteiger partial charge in [-0.3, -0.25) is 24.3 Å². The summed E-state index contributed by atoms with van der Waals surface area (Å²) in [6.45, 7) is 9.93. The van der Waals surface area contributed by atoms with E-state index in [0.717, 1.165) is 64.3 Å². The first-order chi connectivity index (χ1) is 13.9. The topological polar surface area (TPSA) is 79.1 Å². The molecule has 7 heteroatoms. The second-order valence-electron chi connectivity index (χ2n) is 9.01. The van der Waals surface area contributed by atoms with Crippen molar-refractivity contribution in [2.45, 2.75) is 50.7 Å². The number of nitrogens with zero attached hydrogens (tertiary/aromatic N) is 3. The van der Waals surface area contributed by atoms with Gasteiger partial charge in [0.05, 0.1) is 19.3 Å². The highest BCUT2D eigenvalue weighted by molar-refractivity contribution is 6.06. The fourth-order valence-corrected chi connectivity index (χ4v) is 4.82. The lowest BCUT2D eigenvalue weighted by Gasteiger charge is -2.32. The van der Waals surface area contributed by atoms with Crippen molar-refractivity contribution < 1.29 is 14.3 Å². The smallest absolute Gasteiger partial charge is 0.255 e. The van der Waals surface area contributed by atoms with E-state index in [4.69, 9.17) is 10.5 Å². The SMILES string of the molecule is CC(C)(CCN1CCOCC1)c1ccc(N2C(=O)[C@@H]3CCCN3C2C(N)=O)cc1. The minimum atomic E-state index is -0.671. The number of carbonyl (C=O) groups is 2. The molecule has 2 N–H and O–H groups in total. The van der Waals surface area contributed by atoms with Crippen LogP contribution in [0.1, 0.15) is 38.7 Å². The van der Waals surface area contributed by atoms with Gasteiger partial charge in [-0.2, -0.15) is 0 Å². The van der Waals surface area contributed by atoms with Crippen LogP contribution in [0, 0.1) is 0 Å². The first-order valence-corrected chi connectivity index (χ1v) is 10.7. The molecule has 0 saturated carbocycles. The van der Waals surface area contributed by atoms with Crippen LogP contribution >= 0.6 is 0 Å². The summed E-state index contributed by atoms with van der Waals surface area (Å²) in [5, 5.41) is 0. The summed E-state index contributed by atoms with van der Waals surface area (Å²) in [5.41, 5.74) is 7.67. The zero-order valence-electron chi connectivity index (χ0n) is 17.5. The Morgan fingerprint density at radius 2 is 1.86 bits per heavy atom. The number of hydrogen-bond donors (Lipinski definition) is 1. The van der Waals surface area contributed by atoms with E-state index in [0.29, 0.717) is 0 Å². The van der Waals surface area contributed by atoms with Crippen molar-refractivity contribution in [3.05, 3.63) is 29.8 Å². The van der Waals surface area contributed by atoms with E-state index in [-0.39, 0.29) is 17.4 Å². The lowest BCUT2D eigenvalue weighted by molar-refractivity contribution is -0.122. The number of hydrogen-bond acceptors (Lipinski definition) is 5. The molecule has 3 aliphatic heterocycles. The normalized spacial score (nSPS) is 26.1. The zero-order chi connectivity index (χ0) is 20.6. The lowest BCUT2D eigenvalue weighted by Crippen LogP contribution is -2.49. The van der Waals surface area contributed by atoms with Crippen LogP contribution < -0.4 is 10.6 Å². The maximum atomic E-state index is 12.9. The van der Waals surface area contributed by atoms with Crippen LogP contribution in [-0.2, 0) is 19.7 Å². The number of nitrogens with two attached hydrogens (primary N) is 1. The molecule has 2 atom stereocenters. The molecule has 4 rings (SSSR count). The monoisotopic (exact) mass is 400 g/mol. The van der Waals surface area contributed by atoms with E-state index in [1.807, 2.05) is 17.0 Å². The second-order valence-corrected chi connectivity index (χ2v) is 9.01. The fourth-order valence-electron chi connectivity index (χ4n) is 4.82. The lowest BCUT2D eigenvalue weighted by atomic mass is 9.81. The van der Waals surface area contributed by atoms with Crippen LogP contribution in [-0.4, -0.2) is 73.2 Å². The maximum absolute atomic E-state index is 12.9. The average Bonchev–Trinajstić information content (AvgIpc) is 3.29. The number of morpholine rings is 1. The molecule has 0 aliphatic carbocycles. The van der Waals surface area contributed by atoms with Gasteiger partial charge in [0.1, 0.15) is 0 Å². The van der Waals surface area contributed by atoms with Crippen molar-refractivity contribution in [2.24, 2.45) is 5.73 Å². The first kappa shape index (κ1) is 20.3. The highest BCUT2D eigenvalue weighted by Gasteiger charge is 2.51. The third-order valence-corrected chi connectivity index (χ3v) is 6.71. The number of anilines is 1. The van der Waals surface area contributed by atoms with Crippen LogP contribution in [0.4, 0.5) is 5.69 Å². The Hall–Kier alpha value is -1.96. The molecule has 3 fully saturated rings. The van der Waals surface area contributed by atoms with Crippen molar-refractivity contribution in [3.8, 4) is 0 Å². The summed E-state index contributed by atoms with van der Waals surface area (Å²) in [7, 11) is 0. The van der Waals surface area contributed by atoms with Gasteiger partial charge in [-0.15, -0.1) is 0 Å². The van der Waals surface area contributed by atoms with Crippen molar-refractivity contribution in [1.82, 2.24) is 9.80 Å². The highest BCUT2D eigenvalue weighted by Crippen LogP contribution is 2.35. The summed E-state index contributed by atoms with van der Waals surface area (Å²) in [6, 6.07) is 7.88. The summed E-state index contributed by atoms with van der Waals surface area (Å²) >= 11 is 0. The van der Waals surface area contributed by atoms with Crippen LogP contribution in [0.15, 0.2) is 24.3 Å². The molecule has 0 radical (unpaired) electrons. The molecular formula is C22H32N4O3. The number of fused-ring (bicyclic) bond motifs is 1. The van der Waals surface area contributed by atoms with Crippen molar-refractivity contribution in [3.63, 3.8) is 0 Å². The molecular weight excluding hydrogens is 368 g/mol. The molecule has 2 amide bonds. The molecule has 1 aromatic carbocycles. The quantitative estimate of drug-likeness (QED) is 0.779. The van der Waals surface area contributed by atoms with E-state index in [9.17, 15) is 9.59 Å². The van der Waals surface area contributed by atoms with Crippen molar-refractivity contribution in [1.29, 1.82) is 0 Å². The van der Waals surface area contributed by atoms with Gasteiger partial charge in [-0.1, -0.05) is 26.0 Å². The predicted molar refractivity (Wildman–Crippen MR) is 112 cm³/mol. The molecule has 3 saturated heterocycles. The number of benzene rings is 1. The van der Waals surface area contributed by atoms with Gasteiger partial charge in [-0.05, 0) is 48.9 Å². The molecule has 1 aromatic rings. The third kappa shape index (κ3) is 3.91. The minimum Gasteiger partial charge on any atom is -0.379 e. The molecule has 1 unspecified atom stereocenters. The number of carbonyl (C=O) groups excluding carboxylic acids is 2. The Morgan fingerprint density at radius 3 is 2.52 bits per heavy atom.